The lowest BCUT2D eigenvalue weighted by Gasteiger charge is -2.39. The molecule has 0 aliphatic carbocycles. The number of ether oxygens (including phenoxy) is 1. The Morgan fingerprint density at radius 3 is 2.85 bits per heavy atom. The smallest absolute Gasteiger partial charge is 0.193 e. The first-order chi connectivity index (χ1) is 13.2. The quantitative estimate of drug-likeness (QED) is 0.628. The van der Waals surface area contributed by atoms with Gasteiger partial charge in [0.2, 0.25) is 0 Å². The van der Waals surface area contributed by atoms with Crippen LogP contribution in [0.1, 0.15) is 37.4 Å². The van der Waals surface area contributed by atoms with Crippen LogP contribution in [0, 0.1) is 5.92 Å². The summed E-state index contributed by atoms with van der Waals surface area (Å²) in [5.74, 6) is 1.58. The van der Waals surface area contributed by atoms with E-state index in [4.69, 9.17) is 4.74 Å². The maximum Gasteiger partial charge on any atom is 0.193 e. The van der Waals surface area contributed by atoms with E-state index in [0.717, 1.165) is 38.6 Å². The van der Waals surface area contributed by atoms with Gasteiger partial charge in [0.1, 0.15) is 0 Å². The Morgan fingerprint density at radius 1 is 1.33 bits per heavy atom. The molecule has 1 aromatic heterocycles. The molecule has 2 heterocycles. The zero-order valence-electron chi connectivity index (χ0n) is 16.6. The third-order valence-corrected chi connectivity index (χ3v) is 5.35. The van der Waals surface area contributed by atoms with Crippen molar-refractivity contribution in [3.8, 4) is 0 Å². The largest absolute Gasteiger partial charge is 0.377 e. The summed E-state index contributed by atoms with van der Waals surface area (Å²) in [6, 6.07) is 8.85. The summed E-state index contributed by atoms with van der Waals surface area (Å²) in [6.45, 7) is 8.43. The van der Waals surface area contributed by atoms with Crippen LogP contribution in [0.5, 0.6) is 0 Å². The van der Waals surface area contributed by atoms with Gasteiger partial charge in [-0.05, 0) is 30.4 Å². The standard InChI is InChI=1S/C21H31N5O/c1-4-27-15-19-8-6-5-7-18(19)13-24-21(22-3)25-11-9-17(2)20(14-25)26-12-10-23-16-26/h5-8,10,12,16-17,20H,4,9,11,13-15H2,1-3H3,(H,22,24). The molecule has 0 spiro atoms. The minimum Gasteiger partial charge on any atom is -0.377 e. The van der Waals surface area contributed by atoms with Gasteiger partial charge in [-0.15, -0.1) is 0 Å². The number of imidazole rings is 1. The van der Waals surface area contributed by atoms with Crippen molar-refractivity contribution in [1.82, 2.24) is 19.8 Å². The molecule has 1 saturated heterocycles. The third kappa shape index (κ3) is 4.89. The zero-order chi connectivity index (χ0) is 19.1. The van der Waals surface area contributed by atoms with Crippen LogP contribution in [0.25, 0.3) is 0 Å². The fraction of sp³-hybridized carbons (Fsp3) is 0.524. The number of hydrogen-bond acceptors (Lipinski definition) is 3. The van der Waals surface area contributed by atoms with Gasteiger partial charge in [-0.25, -0.2) is 4.98 Å². The topological polar surface area (TPSA) is 54.7 Å². The summed E-state index contributed by atoms with van der Waals surface area (Å²) in [7, 11) is 1.86. The van der Waals surface area contributed by atoms with Gasteiger partial charge in [0.05, 0.1) is 19.0 Å². The number of hydrogen-bond donors (Lipinski definition) is 1. The number of rotatable bonds is 6. The molecule has 2 aromatic rings. The van der Waals surface area contributed by atoms with Crippen LogP contribution < -0.4 is 5.32 Å². The van der Waals surface area contributed by atoms with E-state index in [-0.39, 0.29) is 0 Å². The average molecular weight is 370 g/mol. The summed E-state index contributed by atoms with van der Waals surface area (Å²) in [5.41, 5.74) is 2.48. The van der Waals surface area contributed by atoms with Crippen LogP contribution in [0.2, 0.25) is 0 Å². The van der Waals surface area contributed by atoms with Crippen LogP contribution in [-0.4, -0.2) is 47.2 Å². The van der Waals surface area contributed by atoms with Crippen molar-refractivity contribution >= 4 is 5.96 Å². The Labute approximate surface area is 162 Å². The van der Waals surface area contributed by atoms with E-state index in [1.807, 2.05) is 26.5 Å². The van der Waals surface area contributed by atoms with Crippen LogP contribution in [0.3, 0.4) is 0 Å². The maximum atomic E-state index is 5.60. The number of piperidine rings is 1. The SMILES string of the molecule is CCOCc1ccccc1CNC(=NC)N1CCC(C)C(n2ccnc2)C1. The highest BCUT2D eigenvalue weighted by atomic mass is 16.5. The molecule has 0 amide bonds. The molecule has 27 heavy (non-hydrogen) atoms. The Morgan fingerprint density at radius 2 is 2.15 bits per heavy atom. The van der Waals surface area contributed by atoms with Crippen LogP contribution in [-0.2, 0) is 17.9 Å². The van der Waals surface area contributed by atoms with E-state index < -0.39 is 0 Å². The fourth-order valence-electron chi connectivity index (χ4n) is 3.68. The number of aromatic nitrogens is 2. The highest BCUT2D eigenvalue weighted by Crippen LogP contribution is 2.27. The van der Waals surface area contributed by atoms with E-state index in [9.17, 15) is 0 Å². The molecule has 0 saturated carbocycles. The van der Waals surface area contributed by atoms with E-state index in [2.05, 4.69) is 62.1 Å². The highest BCUT2D eigenvalue weighted by molar-refractivity contribution is 5.80. The first-order valence-corrected chi connectivity index (χ1v) is 9.80. The Hall–Kier alpha value is -2.34. The normalized spacial score (nSPS) is 20.7. The van der Waals surface area contributed by atoms with Gasteiger partial charge in [-0.1, -0.05) is 31.2 Å². The second-order valence-corrected chi connectivity index (χ2v) is 7.10. The van der Waals surface area contributed by atoms with Crippen LogP contribution in [0.15, 0.2) is 48.0 Å². The van der Waals surface area contributed by atoms with Crippen molar-refractivity contribution in [2.45, 2.75) is 39.5 Å². The molecule has 0 radical (unpaired) electrons. The lowest BCUT2D eigenvalue weighted by atomic mass is 9.93. The molecular formula is C21H31N5O. The van der Waals surface area contributed by atoms with Gasteiger partial charge in [0, 0.05) is 45.7 Å². The van der Waals surface area contributed by atoms with E-state index >= 15 is 0 Å². The number of nitrogens with zero attached hydrogens (tertiary/aromatic N) is 4. The van der Waals surface area contributed by atoms with E-state index in [0.29, 0.717) is 18.6 Å². The minimum atomic E-state index is 0.421. The van der Waals surface area contributed by atoms with Gasteiger partial charge in [-0.2, -0.15) is 0 Å². The van der Waals surface area contributed by atoms with Gasteiger partial charge >= 0.3 is 0 Å². The maximum absolute atomic E-state index is 5.60. The van der Waals surface area contributed by atoms with Crippen molar-refractivity contribution in [3.05, 3.63) is 54.1 Å². The number of aliphatic imine (C=N–C) groups is 1. The Balaban J connectivity index is 1.64. The van der Waals surface area contributed by atoms with Gasteiger partial charge in [0.15, 0.2) is 5.96 Å². The first-order valence-electron chi connectivity index (χ1n) is 9.80. The van der Waals surface area contributed by atoms with Crippen molar-refractivity contribution < 1.29 is 4.74 Å². The summed E-state index contributed by atoms with van der Waals surface area (Å²) in [4.78, 5) is 11.1. The molecule has 6 heteroatoms. The lowest BCUT2D eigenvalue weighted by Crippen LogP contribution is -2.48. The van der Waals surface area contributed by atoms with Crippen molar-refractivity contribution in [2.75, 3.05) is 26.7 Å². The van der Waals surface area contributed by atoms with Gasteiger partial charge < -0.3 is 19.5 Å². The molecule has 1 N–H and O–H groups in total. The lowest BCUT2D eigenvalue weighted by molar-refractivity contribution is 0.133. The Bertz CT molecular complexity index is 728. The predicted molar refractivity (Wildman–Crippen MR) is 109 cm³/mol. The van der Waals surface area contributed by atoms with Gasteiger partial charge in [0.25, 0.3) is 0 Å². The second kappa shape index (κ2) is 9.55. The van der Waals surface area contributed by atoms with E-state index in [1.165, 1.54) is 11.1 Å². The van der Waals surface area contributed by atoms with Crippen molar-refractivity contribution in [1.29, 1.82) is 0 Å². The fourth-order valence-corrected chi connectivity index (χ4v) is 3.68. The molecule has 146 valence electrons. The molecule has 3 rings (SSSR count). The van der Waals surface area contributed by atoms with Crippen LogP contribution in [0.4, 0.5) is 0 Å². The summed E-state index contributed by atoms with van der Waals surface area (Å²) >= 11 is 0. The van der Waals surface area contributed by atoms with Crippen LogP contribution >= 0.6 is 0 Å². The summed E-state index contributed by atoms with van der Waals surface area (Å²) in [6.07, 6.45) is 6.98. The Kier molecular flexibility index (Phi) is 6.87. The molecule has 1 aliphatic rings. The minimum absolute atomic E-state index is 0.421. The van der Waals surface area contributed by atoms with Crippen molar-refractivity contribution in [3.63, 3.8) is 0 Å². The molecule has 2 atom stereocenters. The number of benzene rings is 1. The first kappa shape index (κ1) is 19.4. The molecule has 1 fully saturated rings. The second-order valence-electron chi connectivity index (χ2n) is 7.10. The zero-order valence-corrected chi connectivity index (χ0v) is 16.6. The van der Waals surface area contributed by atoms with Crippen molar-refractivity contribution in [2.24, 2.45) is 10.9 Å². The molecular weight excluding hydrogens is 338 g/mol. The molecule has 6 nitrogen and oxygen atoms in total. The number of nitrogens with one attached hydrogen (secondary N) is 1. The summed E-state index contributed by atoms with van der Waals surface area (Å²) in [5, 5.41) is 3.55. The molecule has 1 aliphatic heterocycles. The predicted octanol–water partition coefficient (Wildman–Crippen LogP) is 3.08. The highest BCUT2D eigenvalue weighted by Gasteiger charge is 2.28. The van der Waals surface area contributed by atoms with Gasteiger partial charge in [-0.3, -0.25) is 4.99 Å². The number of guanidine groups is 1. The number of likely N-dealkylation sites (tertiary alicyclic amines) is 1. The molecule has 0 bridgehead atoms. The molecule has 2 unspecified atom stereocenters. The average Bonchev–Trinajstić information content (AvgIpc) is 3.23. The molecule has 1 aromatic carbocycles. The third-order valence-electron chi connectivity index (χ3n) is 5.35. The van der Waals surface area contributed by atoms with E-state index in [1.54, 1.807) is 0 Å². The monoisotopic (exact) mass is 369 g/mol. The summed E-state index contributed by atoms with van der Waals surface area (Å²) < 4.78 is 7.82.